The first-order valence-corrected chi connectivity index (χ1v) is 15.0. The molecule has 8 nitrogen and oxygen atoms in total. The summed E-state index contributed by atoms with van der Waals surface area (Å²) in [5.74, 6) is -1.93. The van der Waals surface area contributed by atoms with Crippen molar-refractivity contribution in [3.05, 3.63) is 71.8 Å². The van der Waals surface area contributed by atoms with Crippen molar-refractivity contribution in [1.29, 1.82) is 5.26 Å². The second-order valence-electron chi connectivity index (χ2n) is 11.4. The smallest absolute Gasteiger partial charge is 0.319 e. The van der Waals surface area contributed by atoms with Gasteiger partial charge in [0, 0.05) is 43.0 Å². The third-order valence-electron chi connectivity index (χ3n) is 8.55. The van der Waals surface area contributed by atoms with Gasteiger partial charge in [-0.05, 0) is 48.2 Å². The Kier molecular flexibility index (Phi) is 8.53. The number of aromatic nitrogens is 2. The molecule has 2 aliphatic rings. The van der Waals surface area contributed by atoms with E-state index in [9.17, 15) is 23.2 Å². The molecule has 3 heterocycles. The lowest BCUT2D eigenvalue weighted by atomic mass is 9.97. The first-order chi connectivity index (χ1) is 21.6. The van der Waals surface area contributed by atoms with Crippen LogP contribution in [0.4, 0.5) is 19.0 Å². The van der Waals surface area contributed by atoms with E-state index >= 15 is 0 Å². The van der Waals surface area contributed by atoms with Gasteiger partial charge in [0.1, 0.15) is 24.4 Å². The normalized spacial score (nSPS) is 20.5. The molecule has 4 aromatic rings. The number of halogens is 4. The molecule has 1 aromatic heterocycles. The van der Waals surface area contributed by atoms with Gasteiger partial charge in [-0.25, -0.2) is 13.2 Å². The number of nitrogens with zero attached hydrogens (tertiary/aromatic N) is 6. The zero-order valence-electron chi connectivity index (χ0n) is 24.5. The van der Waals surface area contributed by atoms with Gasteiger partial charge in [-0.3, -0.25) is 9.69 Å². The number of carbonyl (C=O) groups is 1. The van der Waals surface area contributed by atoms with E-state index in [1.165, 1.54) is 11.0 Å². The fraction of sp³-hybridized carbons (Fsp3) is 0.333. The Hall–Kier alpha value is -4.40. The molecule has 232 valence electrons. The number of rotatable bonds is 7. The van der Waals surface area contributed by atoms with Gasteiger partial charge in [0.05, 0.1) is 29.1 Å². The van der Waals surface area contributed by atoms with Crippen LogP contribution in [0.2, 0.25) is 5.02 Å². The summed E-state index contributed by atoms with van der Waals surface area (Å²) < 4.78 is 48.4. The van der Waals surface area contributed by atoms with Crippen molar-refractivity contribution < 1.29 is 22.7 Å². The Morgan fingerprint density at radius 1 is 1.16 bits per heavy atom. The lowest BCUT2D eigenvalue weighted by Gasteiger charge is -2.41. The first-order valence-electron chi connectivity index (χ1n) is 14.6. The molecule has 0 saturated carbocycles. The molecule has 2 saturated heterocycles. The minimum Gasteiger partial charge on any atom is -0.462 e. The van der Waals surface area contributed by atoms with Gasteiger partial charge in [-0.2, -0.15) is 15.2 Å². The first kappa shape index (κ1) is 30.6. The van der Waals surface area contributed by atoms with Crippen LogP contribution < -0.4 is 9.64 Å². The molecule has 2 aliphatic heterocycles. The summed E-state index contributed by atoms with van der Waals surface area (Å²) in [6.45, 7) is 4.31. The SMILES string of the molecule is C=C(F)C(=O)N1CCN(c2nc(OC[C@@H]3C[C@@H](F)CN3C)nc3cc(-c4cccc5ccc(F)c(Cl)c45)ccc23)C[C@@H]1CC#N. The van der Waals surface area contributed by atoms with Crippen LogP contribution in [0.5, 0.6) is 6.01 Å². The summed E-state index contributed by atoms with van der Waals surface area (Å²) >= 11 is 6.43. The van der Waals surface area contributed by atoms with E-state index in [0.717, 1.165) is 16.5 Å². The minimum absolute atomic E-state index is 0.0111. The van der Waals surface area contributed by atoms with E-state index < -0.39 is 29.8 Å². The Labute approximate surface area is 263 Å². The van der Waals surface area contributed by atoms with E-state index in [1.807, 2.05) is 53.2 Å². The van der Waals surface area contributed by atoms with Gasteiger partial charge in [-0.1, -0.05) is 48.5 Å². The number of amides is 1. The molecule has 2 fully saturated rings. The van der Waals surface area contributed by atoms with Crippen molar-refractivity contribution in [1.82, 2.24) is 19.8 Å². The molecular formula is C33H30ClF3N6O2. The number of ether oxygens (including phenoxy) is 1. The Morgan fingerprint density at radius 3 is 2.71 bits per heavy atom. The number of nitriles is 1. The van der Waals surface area contributed by atoms with Gasteiger partial charge in [0.2, 0.25) is 0 Å². The van der Waals surface area contributed by atoms with Crippen LogP contribution in [0, 0.1) is 17.1 Å². The molecule has 45 heavy (non-hydrogen) atoms. The maximum Gasteiger partial charge on any atom is 0.319 e. The predicted molar refractivity (Wildman–Crippen MR) is 167 cm³/mol. The van der Waals surface area contributed by atoms with Gasteiger partial charge < -0.3 is 14.5 Å². The molecule has 0 unspecified atom stereocenters. The number of carbonyl (C=O) groups excluding carboxylic acids is 1. The van der Waals surface area contributed by atoms with Gasteiger partial charge in [0.15, 0.2) is 5.83 Å². The summed E-state index contributed by atoms with van der Waals surface area (Å²) in [4.78, 5) is 27.1. The van der Waals surface area contributed by atoms with Crippen LogP contribution >= 0.6 is 11.6 Å². The minimum atomic E-state index is -1.08. The summed E-state index contributed by atoms with van der Waals surface area (Å²) in [6, 6.07) is 15.6. The Morgan fingerprint density at radius 2 is 1.98 bits per heavy atom. The molecule has 12 heteroatoms. The van der Waals surface area contributed by atoms with Gasteiger partial charge in [0.25, 0.3) is 5.91 Å². The van der Waals surface area contributed by atoms with Crippen molar-refractivity contribution >= 4 is 45.0 Å². The molecule has 6 rings (SSSR count). The molecule has 0 N–H and O–H groups in total. The topological polar surface area (TPSA) is 85.6 Å². The molecular weight excluding hydrogens is 605 g/mol. The lowest BCUT2D eigenvalue weighted by molar-refractivity contribution is -0.131. The van der Waals surface area contributed by atoms with E-state index in [4.69, 9.17) is 26.3 Å². The van der Waals surface area contributed by atoms with E-state index in [1.54, 1.807) is 6.07 Å². The molecule has 3 atom stereocenters. The quantitative estimate of drug-likeness (QED) is 0.228. The highest BCUT2D eigenvalue weighted by Crippen LogP contribution is 2.38. The fourth-order valence-corrected chi connectivity index (χ4v) is 6.52. The number of likely N-dealkylation sites (N-methyl/N-ethyl adjacent to an activating group) is 1. The summed E-state index contributed by atoms with van der Waals surface area (Å²) in [5.41, 5.74) is 2.00. The van der Waals surface area contributed by atoms with E-state index in [2.05, 4.69) is 12.6 Å². The van der Waals surface area contributed by atoms with Crippen LogP contribution in [0.15, 0.2) is 60.9 Å². The average molecular weight is 635 g/mol. The molecule has 3 aromatic carbocycles. The molecule has 0 radical (unpaired) electrons. The van der Waals surface area contributed by atoms with Gasteiger partial charge in [-0.15, -0.1) is 0 Å². The molecule has 1 amide bonds. The molecule has 0 bridgehead atoms. The second-order valence-corrected chi connectivity index (χ2v) is 11.8. The van der Waals surface area contributed by atoms with Crippen molar-refractivity contribution in [2.24, 2.45) is 0 Å². The van der Waals surface area contributed by atoms with Crippen LogP contribution in [0.1, 0.15) is 12.8 Å². The third kappa shape index (κ3) is 6.00. The highest BCUT2D eigenvalue weighted by Gasteiger charge is 2.34. The third-order valence-corrected chi connectivity index (χ3v) is 8.92. The van der Waals surface area contributed by atoms with Crippen molar-refractivity contribution in [3.63, 3.8) is 0 Å². The second kappa shape index (κ2) is 12.5. The number of anilines is 1. The van der Waals surface area contributed by atoms with Gasteiger partial charge >= 0.3 is 6.01 Å². The van der Waals surface area contributed by atoms with Crippen LogP contribution in [0.3, 0.4) is 0 Å². The molecule has 0 aliphatic carbocycles. The Balaban J connectivity index is 1.42. The van der Waals surface area contributed by atoms with E-state index in [0.29, 0.717) is 41.6 Å². The van der Waals surface area contributed by atoms with Crippen molar-refractivity contribution in [2.45, 2.75) is 31.1 Å². The van der Waals surface area contributed by atoms with E-state index in [-0.39, 0.29) is 43.2 Å². The largest absolute Gasteiger partial charge is 0.462 e. The average Bonchev–Trinajstić information content (AvgIpc) is 3.36. The monoisotopic (exact) mass is 634 g/mol. The predicted octanol–water partition coefficient (Wildman–Crippen LogP) is 6.08. The van der Waals surface area contributed by atoms with Crippen molar-refractivity contribution in [3.8, 4) is 23.2 Å². The van der Waals surface area contributed by atoms with Crippen LogP contribution in [0.25, 0.3) is 32.8 Å². The number of hydrogen-bond donors (Lipinski definition) is 0. The van der Waals surface area contributed by atoms with Crippen LogP contribution in [-0.4, -0.2) is 83.8 Å². The maximum absolute atomic E-state index is 14.5. The summed E-state index contributed by atoms with van der Waals surface area (Å²) in [7, 11) is 1.84. The Bertz CT molecular complexity index is 1850. The summed E-state index contributed by atoms with van der Waals surface area (Å²) in [5, 5.41) is 11.5. The highest BCUT2D eigenvalue weighted by molar-refractivity contribution is 6.36. The number of piperazine rings is 1. The number of fused-ring (bicyclic) bond motifs is 2. The summed E-state index contributed by atoms with van der Waals surface area (Å²) in [6.07, 6.45) is -0.610. The van der Waals surface area contributed by atoms with Crippen LogP contribution in [-0.2, 0) is 4.79 Å². The number of benzene rings is 3. The number of alkyl halides is 1. The highest BCUT2D eigenvalue weighted by atomic mass is 35.5. The fourth-order valence-electron chi connectivity index (χ4n) is 6.24. The zero-order chi connectivity index (χ0) is 31.8. The zero-order valence-corrected chi connectivity index (χ0v) is 25.3. The number of hydrogen-bond acceptors (Lipinski definition) is 7. The number of likely N-dealkylation sites (tertiary alicyclic amines) is 1. The molecule has 0 spiro atoms. The lowest BCUT2D eigenvalue weighted by Crippen LogP contribution is -2.55. The maximum atomic E-state index is 14.5. The standard InChI is InChI=1S/C33H30ClF3N6O2/c1-19(35)32(44)43-13-12-42(17-23(43)10-11-38)31-26-8-6-21(25-5-3-4-20-7-9-27(37)30(34)29(20)25)14-28(26)39-33(40-31)45-18-24-15-22(36)16-41(24)2/h3-9,14,22-24H,1,10,12-13,15-18H2,2H3/t22-,23+,24+/m1/s1. The van der Waals surface area contributed by atoms with Crippen molar-refractivity contribution in [2.75, 3.05) is 44.7 Å².